The highest BCUT2D eigenvalue weighted by Gasteiger charge is 2.43. The van der Waals surface area contributed by atoms with Crippen LogP contribution in [0.15, 0.2) is 24.3 Å². The highest BCUT2D eigenvalue weighted by molar-refractivity contribution is 6.74. The summed E-state index contributed by atoms with van der Waals surface area (Å²) >= 11 is 0. The van der Waals surface area contributed by atoms with Crippen LogP contribution in [-0.4, -0.2) is 43.0 Å². The number of benzene rings is 1. The topological polar surface area (TPSA) is 125 Å². The lowest BCUT2D eigenvalue weighted by atomic mass is 9.97. The molecule has 182 valence electrons. The van der Waals surface area contributed by atoms with Gasteiger partial charge in [-0.2, -0.15) is 0 Å². The first kappa shape index (κ1) is 26.7. The van der Waals surface area contributed by atoms with Crippen LogP contribution in [0, 0.1) is 16.0 Å². The Labute approximate surface area is 195 Å². The molecule has 1 heterocycles. The van der Waals surface area contributed by atoms with Gasteiger partial charge in [-0.1, -0.05) is 20.8 Å². The van der Waals surface area contributed by atoms with Crippen molar-refractivity contribution >= 4 is 31.7 Å². The molecule has 1 aliphatic heterocycles. The van der Waals surface area contributed by atoms with Gasteiger partial charge in [-0.25, -0.2) is 0 Å². The lowest BCUT2D eigenvalue weighted by molar-refractivity contribution is -0.384. The highest BCUT2D eigenvalue weighted by atomic mass is 28.4. The van der Waals surface area contributed by atoms with Crippen molar-refractivity contribution in [3.05, 3.63) is 39.9 Å². The Kier molecular flexibility index (Phi) is 8.53. The quantitative estimate of drug-likeness (QED) is 0.178. The van der Waals surface area contributed by atoms with Crippen LogP contribution in [0.5, 0.6) is 0 Å². The van der Waals surface area contributed by atoms with E-state index in [0.29, 0.717) is 12.0 Å². The van der Waals surface area contributed by atoms with Crippen molar-refractivity contribution in [2.75, 3.05) is 0 Å². The second kappa shape index (κ2) is 10.6. The maximum Gasteiger partial charge on any atom is 0.313 e. The lowest BCUT2D eigenvalue weighted by Gasteiger charge is -2.39. The van der Waals surface area contributed by atoms with E-state index < -0.39 is 19.2 Å². The van der Waals surface area contributed by atoms with Crippen LogP contribution in [0.1, 0.15) is 52.5 Å². The van der Waals surface area contributed by atoms with E-state index >= 15 is 0 Å². The molecule has 3 atom stereocenters. The van der Waals surface area contributed by atoms with Crippen LogP contribution in [0.2, 0.25) is 18.1 Å². The number of nitro benzene ring substituents is 1. The summed E-state index contributed by atoms with van der Waals surface area (Å²) in [5.41, 5.74) is 0.532. The van der Waals surface area contributed by atoms with Crippen molar-refractivity contribution < 1.29 is 28.5 Å². The van der Waals surface area contributed by atoms with Crippen molar-refractivity contribution in [3.63, 3.8) is 0 Å². The molecule has 1 amide bonds. The van der Waals surface area contributed by atoms with Crippen LogP contribution >= 0.6 is 0 Å². The third-order valence-corrected chi connectivity index (χ3v) is 11.0. The Morgan fingerprint density at radius 1 is 1.24 bits per heavy atom. The first-order chi connectivity index (χ1) is 15.2. The molecular formula is C23H34N2O7Si. The predicted octanol–water partition coefficient (Wildman–Crippen LogP) is 3.90. The Morgan fingerprint density at radius 2 is 1.85 bits per heavy atom. The summed E-state index contributed by atoms with van der Waals surface area (Å²) < 4.78 is 11.4. The number of carbonyl (C=O) groups is 3. The number of non-ortho nitro benzene ring substituents is 1. The first-order valence-electron chi connectivity index (χ1n) is 11.1. The molecule has 1 aromatic carbocycles. The minimum atomic E-state index is -2.03. The zero-order chi connectivity index (χ0) is 25.0. The van der Waals surface area contributed by atoms with Gasteiger partial charge in [0.1, 0.15) is 18.8 Å². The van der Waals surface area contributed by atoms with Crippen LogP contribution in [0.3, 0.4) is 0 Å². The van der Waals surface area contributed by atoms with Crippen molar-refractivity contribution in [2.24, 2.45) is 5.92 Å². The summed E-state index contributed by atoms with van der Waals surface area (Å²) in [7, 11) is -2.03. The molecule has 33 heavy (non-hydrogen) atoms. The molecular weight excluding hydrogens is 444 g/mol. The van der Waals surface area contributed by atoms with Gasteiger partial charge in [0.15, 0.2) is 8.32 Å². The van der Waals surface area contributed by atoms with E-state index in [-0.39, 0.29) is 59.9 Å². The second-order valence-electron chi connectivity index (χ2n) is 10.1. The number of rotatable bonds is 10. The van der Waals surface area contributed by atoms with Gasteiger partial charge in [0.2, 0.25) is 5.91 Å². The molecule has 2 rings (SSSR count). The summed E-state index contributed by atoms with van der Waals surface area (Å²) in [4.78, 5) is 47.0. The molecule has 9 nitrogen and oxygen atoms in total. The van der Waals surface area contributed by atoms with Gasteiger partial charge in [0, 0.05) is 24.6 Å². The number of carbonyl (C=O) groups excluding carboxylic acids is 3. The summed E-state index contributed by atoms with van der Waals surface area (Å²) in [6.45, 7) is 12.5. The van der Waals surface area contributed by atoms with E-state index in [1.807, 2.05) is 6.92 Å². The maximum atomic E-state index is 12.5. The van der Waals surface area contributed by atoms with E-state index in [0.717, 1.165) is 0 Å². The number of nitrogens with one attached hydrogen (secondary N) is 1. The third-order valence-electron chi connectivity index (χ3n) is 6.44. The first-order valence-corrected chi connectivity index (χ1v) is 14.0. The van der Waals surface area contributed by atoms with E-state index in [9.17, 15) is 24.5 Å². The standard InChI is InChI=1S/C23H34N2O7Si/c1-15(32-33(5,6)23(2,3)4)20-12-17(24-22(20)28)11-19(26)13-21(27)31-14-16-7-9-18(10-8-16)25(29)30/h7-10,15,17,20H,11-14H2,1-6H3,(H,24,28)/t15-,17-,20+/m1/s1. The van der Waals surface area contributed by atoms with Gasteiger partial charge < -0.3 is 14.5 Å². The summed E-state index contributed by atoms with van der Waals surface area (Å²) in [6, 6.07) is 5.30. The number of hydrogen-bond acceptors (Lipinski definition) is 7. The van der Waals surface area contributed by atoms with Gasteiger partial charge in [0.05, 0.1) is 16.9 Å². The molecule has 0 aliphatic carbocycles. The van der Waals surface area contributed by atoms with Gasteiger partial charge >= 0.3 is 5.97 Å². The Balaban J connectivity index is 1.80. The molecule has 1 aromatic rings. The second-order valence-corrected chi connectivity index (χ2v) is 14.9. The summed E-state index contributed by atoms with van der Waals surface area (Å²) in [5, 5.41) is 13.6. The highest BCUT2D eigenvalue weighted by Crippen LogP contribution is 2.39. The van der Waals surface area contributed by atoms with Gasteiger partial charge in [-0.3, -0.25) is 24.5 Å². The fourth-order valence-corrected chi connectivity index (χ4v) is 4.93. The number of amides is 1. The molecule has 0 spiro atoms. The monoisotopic (exact) mass is 478 g/mol. The molecule has 1 aliphatic rings. The normalized spacial score (nSPS) is 19.6. The summed E-state index contributed by atoms with van der Waals surface area (Å²) in [5.74, 6) is -1.44. The Hall–Kier alpha value is -2.59. The predicted molar refractivity (Wildman–Crippen MR) is 125 cm³/mol. The Bertz CT molecular complexity index is 893. The molecule has 0 saturated carbocycles. The van der Waals surface area contributed by atoms with E-state index in [1.54, 1.807) is 0 Å². The summed E-state index contributed by atoms with van der Waals surface area (Å²) in [6.07, 6.45) is -0.0995. The maximum absolute atomic E-state index is 12.5. The molecule has 1 saturated heterocycles. The van der Waals surface area contributed by atoms with Crippen LogP contribution < -0.4 is 5.32 Å². The van der Waals surface area contributed by atoms with Crippen molar-refractivity contribution in [2.45, 2.75) is 83.8 Å². The smallest absolute Gasteiger partial charge is 0.313 e. The molecule has 10 heteroatoms. The Morgan fingerprint density at radius 3 is 2.39 bits per heavy atom. The van der Waals surface area contributed by atoms with Crippen LogP contribution in [-0.2, 0) is 30.2 Å². The van der Waals surface area contributed by atoms with Crippen LogP contribution in [0.25, 0.3) is 0 Å². The zero-order valence-electron chi connectivity index (χ0n) is 20.2. The van der Waals surface area contributed by atoms with E-state index in [4.69, 9.17) is 9.16 Å². The molecule has 1 fully saturated rings. The van der Waals surface area contributed by atoms with Gasteiger partial charge in [-0.15, -0.1) is 0 Å². The number of nitrogens with zero attached hydrogens (tertiary/aromatic N) is 1. The minimum Gasteiger partial charge on any atom is -0.460 e. The molecule has 1 N–H and O–H groups in total. The SMILES string of the molecule is C[C@@H](O[Si](C)(C)C(C)(C)C)[C@@H]1C[C@@H](CC(=O)CC(=O)OCc2ccc([N+](=O)[O-])cc2)NC1=O. The molecule has 0 bridgehead atoms. The number of esters is 1. The number of ether oxygens (including phenoxy) is 1. The average molecular weight is 479 g/mol. The number of Topliss-reactive ketones (excluding diaryl/α,β-unsaturated/α-hetero) is 1. The minimum absolute atomic E-state index is 0.0283. The fraction of sp³-hybridized carbons (Fsp3) is 0.609. The largest absolute Gasteiger partial charge is 0.460 e. The van der Waals surface area contributed by atoms with Crippen molar-refractivity contribution in [1.29, 1.82) is 0 Å². The van der Waals surface area contributed by atoms with Crippen molar-refractivity contribution in [3.8, 4) is 0 Å². The fourth-order valence-electron chi connectivity index (χ4n) is 3.48. The molecule has 0 aromatic heterocycles. The molecule has 0 unspecified atom stereocenters. The lowest BCUT2D eigenvalue weighted by Crippen LogP contribution is -2.45. The number of ketones is 1. The van der Waals surface area contributed by atoms with Gasteiger partial charge in [0.25, 0.3) is 5.69 Å². The molecule has 0 radical (unpaired) electrons. The third kappa shape index (κ3) is 7.46. The van der Waals surface area contributed by atoms with Crippen LogP contribution in [0.4, 0.5) is 5.69 Å². The van der Waals surface area contributed by atoms with Crippen molar-refractivity contribution in [1.82, 2.24) is 5.32 Å². The number of hydrogen-bond donors (Lipinski definition) is 1. The number of nitro groups is 1. The van der Waals surface area contributed by atoms with Gasteiger partial charge in [-0.05, 0) is 49.2 Å². The average Bonchev–Trinajstić information content (AvgIpc) is 3.05. The zero-order valence-corrected chi connectivity index (χ0v) is 21.2. The van der Waals surface area contributed by atoms with E-state index in [2.05, 4.69) is 39.2 Å². The van der Waals surface area contributed by atoms with E-state index in [1.165, 1.54) is 24.3 Å².